The van der Waals surface area contributed by atoms with Gasteiger partial charge in [-0.05, 0) is 38.7 Å². The average molecular weight is 325 g/mol. The van der Waals surface area contributed by atoms with Crippen LogP contribution in [-0.2, 0) is 0 Å². The van der Waals surface area contributed by atoms with Crippen LogP contribution in [0, 0.1) is 6.92 Å². The van der Waals surface area contributed by atoms with Crippen molar-refractivity contribution in [1.29, 1.82) is 0 Å². The first-order valence-electron chi connectivity index (χ1n) is 8.69. The van der Waals surface area contributed by atoms with Crippen LogP contribution >= 0.6 is 0 Å². The standard InChI is InChI=1S/C19H23N3O2/c1-12-17(18(21-20-12)13-9-10-13)19(23)22-11-5-7-15(22)14-6-3-4-8-16(14)24-2/h3-4,6,8,13,15H,5,7,9-11H2,1-2H3,(H,20,21)/t15-/m0/s1. The number of para-hydroxylation sites is 1. The number of methoxy groups -OCH3 is 1. The third-order valence-electron chi connectivity index (χ3n) is 5.16. The summed E-state index contributed by atoms with van der Waals surface area (Å²) in [7, 11) is 1.69. The van der Waals surface area contributed by atoms with E-state index in [9.17, 15) is 4.79 Å². The van der Waals surface area contributed by atoms with Gasteiger partial charge in [0.1, 0.15) is 5.75 Å². The fourth-order valence-corrected chi connectivity index (χ4v) is 3.79. The Labute approximate surface area is 142 Å². The zero-order valence-corrected chi connectivity index (χ0v) is 14.2. The maximum Gasteiger partial charge on any atom is 0.258 e. The van der Waals surface area contributed by atoms with E-state index in [-0.39, 0.29) is 11.9 Å². The molecule has 2 aromatic rings. The van der Waals surface area contributed by atoms with Gasteiger partial charge in [-0.25, -0.2) is 0 Å². The van der Waals surface area contributed by atoms with Crippen molar-refractivity contribution in [2.75, 3.05) is 13.7 Å². The maximum atomic E-state index is 13.3. The fourth-order valence-electron chi connectivity index (χ4n) is 3.79. The number of nitrogens with one attached hydrogen (secondary N) is 1. The third-order valence-corrected chi connectivity index (χ3v) is 5.16. The topological polar surface area (TPSA) is 58.2 Å². The van der Waals surface area contributed by atoms with Crippen LogP contribution in [-0.4, -0.2) is 34.7 Å². The number of benzene rings is 1. The molecule has 1 amide bonds. The van der Waals surface area contributed by atoms with E-state index in [0.717, 1.165) is 60.5 Å². The molecule has 0 unspecified atom stereocenters. The predicted molar refractivity (Wildman–Crippen MR) is 91.3 cm³/mol. The minimum atomic E-state index is 0.0787. The van der Waals surface area contributed by atoms with Crippen LogP contribution in [0.1, 0.15) is 65.0 Å². The maximum absolute atomic E-state index is 13.3. The second-order valence-electron chi connectivity index (χ2n) is 6.78. The van der Waals surface area contributed by atoms with Gasteiger partial charge < -0.3 is 9.64 Å². The zero-order valence-electron chi connectivity index (χ0n) is 14.2. The van der Waals surface area contributed by atoms with Crippen molar-refractivity contribution < 1.29 is 9.53 Å². The highest BCUT2D eigenvalue weighted by Crippen LogP contribution is 2.43. The molecule has 1 aliphatic carbocycles. The predicted octanol–water partition coefficient (Wildman–Crippen LogP) is 3.58. The molecule has 1 aliphatic heterocycles. The molecule has 2 fully saturated rings. The third kappa shape index (κ3) is 2.48. The quantitative estimate of drug-likeness (QED) is 0.934. The molecule has 2 aliphatic rings. The Hall–Kier alpha value is -2.30. The summed E-state index contributed by atoms with van der Waals surface area (Å²) in [5.41, 5.74) is 3.73. The van der Waals surface area contributed by atoms with Crippen molar-refractivity contribution in [2.24, 2.45) is 0 Å². The number of rotatable bonds is 4. The smallest absolute Gasteiger partial charge is 0.258 e. The Morgan fingerprint density at radius 2 is 2.08 bits per heavy atom. The van der Waals surface area contributed by atoms with Crippen molar-refractivity contribution in [1.82, 2.24) is 15.1 Å². The molecular weight excluding hydrogens is 302 g/mol. The van der Waals surface area contributed by atoms with Crippen molar-refractivity contribution >= 4 is 5.91 Å². The highest BCUT2D eigenvalue weighted by Gasteiger charge is 2.37. The number of ether oxygens (including phenoxy) is 1. The highest BCUT2D eigenvalue weighted by atomic mass is 16.5. The van der Waals surface area contributed by atoms with Crippen LogP contribution in [0.3, 0.4) is 0 Å². The molecule has 1 saturated heterocycles. The average Bonchev–Trinajstić information content (AvgIpc) is 3.20. The van der Waals surface area contributed by atoms with Crippen molar-refractivity contribution in [3.8, 4) is 5.75 Å². The molecule has 5 nitrogen and oxygen atoms in total. The lowest BCUT2D eigenvalue weighted by Gasteiger charge is -2.26. The Kier molecular flexibility index (Phi) is 3.79. The summed E-state index contributed by atoms with van der Waals surface area (Å²) in [5.74, 6) is 1.42. The molecule has 1 saturated carbocycles. The number of likely N-dealkylation sites (tertiary alicyclic amines) is 1. The molecule has 0 bridgehead atoms. The molecular formula is C19H23N3O2. The minimum absolute atomic E-state index is 0.0787. The second kappa shape index (κ2) is 5.96. The molecule has 1 N–H and O–H groups in total. The van der Waals surface area contributed by atoms with E-state index in [1.54, 1.807) is 7.11 Å². The normalized spacial score (nSPS) is 20.4. The van der Waals surface area contributed by atoms with Gasteiger partial charge in [0.15, 0.2) is 0 Å². The number of hydrogen-bond acceptors (Lipinski definition) is 3. The summed E-state index contributed by atoms with van der Waals surface area (Å²) in [4.78, 5) is 15.3. The van der Waals surface area contributed by atoms with Gasteiger partial charge in [-0.1, -0.05) is 18.2 Å². The van der Waals surface area contributed by atoms with Gasteiger partial charge in [0.2, 0.25) is 0 Å². The summed E-state index contributed by atoms with van der Waals surface area (Å²) >= 11 is 0. The van der Waals surface area contributed by atoms with E-state index in [2.05, 4.69) is 16.3 Å². The molecule has 0 radical (unpaired) electrons. The largest absolute Gasteiger partial charge is 0.496 e. The van der Waals surface area contributed by atoms with Crippen molar-refractivity contribution in [3.63, 3.8) is 0 Å². The number of aromatic nitrogens is 2. The first-order chi connectivity index (χ1) is 11.7. The minimum Gasteiger partial charge on any atom is -0.496 e. The molecule has 2 heterocycles. The molecule has 1 aromatic heterocycles. The number of amides is 1. The van der Waals surface area contributed by atoms with Gasteiger partial charge in [0, 0.05) is 23.7 Å². The van der Waals surface area contributed by atoms with Crippen LogP contribution in [0.15, 0.2) is 24.3 Å². The number of nitrogens with zero attached hydrogens (tertiary/aromatic N) is 2. The Morgan fingerprint density at radius 1 is 1.29 bits per heavy atom. The van der Waals surface area contributed by atoms with Gasteiger partial charge in [-0.15, -0.1) is 0 Å². The molecule has 24 heavy (non-hydrogen) atoms. The lowest BCUT2D eigenvalue weighted by atomic mass is 10.0. The molecule has 1 atom stereocenters. The Morgan fingerprint density at radius 3 is 2.83 bits per heavy atom. The molecule has 0 spiro atoms. The second-order valence-corrected chi connectivity index (χ2v) is 6.78. The van der Waals surface area contributed by atoms with E-state index >= 15 is 0 Å². The van der Waals surface area contributed by atoms with Crippen molar-refractivity contribution in [3.05, 3.63) is 46.8 Å². The van der Waals surface area contributed by atoms with Gasteiger partial charge in [-0.3, -0.25) is 9.89 Å². The summed E-state index contributed by atoms with van der Waals surface area (Å²) in [5, 5.41) is 7.42. The van der Waals surface area contributed by atoms with Crippen molar-refractivity contribution in [2.45, 2.75) is 44.6 Å². The lowest BCUT2D eigenvalue weighted by molar-refractivity contribution is 0.0732. The Balaban J connectivity index is 1.68. The fraction of sp³-hybridized carbons (Fsp3) is 0.474. The monoisotopic (exact) mass is 325 g/mol. The van der Waals surface area contributed by atoms with Crippen LogP contribution in [0.4, 0.5) is 0 Å². The van der Waals surface area contributed by atoms with Gasteiger partial charge >= 0.3 is 0 Å². The number of H-pyrrole nitrogens is 1. The number of carbonyl (C=O) groups is 1. The van der Waals surface area contributed by atoms with Crippen LogP contribution in [0.25, 0.3) is 0 Å². The van der Waals surface area contributed by atoms with Gasteiger partial charge in [0.05, 0.1) is 24.4 Å². The Bertz CT molecular complexity index is 764. The van der Waals surface area contributed by atoms with E-state index in [0.29, 0.717) is 5.92 Å². The number of carbonyl (C=O) groups excluding carboxylic acids is 1. The lowest BCUT2D eigenvalue weighted by Crippen LogP contribution is -2.31. The highest BCUT2D eigenvalue weighted by molar-refractivity contribution is 5.97. The van der Waals surface area contributed by atoms with E-state index in [1.807, 2.05) is 30.0 Å². The van der Waals surface area contributed by atoms with E-state index in [1.165, 1.54) is 0 Å². The number of hydrogen-bond donors (Lipinski definition) is 1. The number of aryl methyl sites for hydroxylation is 1. The summed E-state index contributed by atoms with van der Waals surface area (Å²) in [6.45, 7) is 2.73. The summed E-state index contributed by atoms with van der Waals surface area (Å²) in [6.07, 6.45) is 4.27. The van der Waals surface area contributed by atoms with Gasteiger partial charge in [0.25, 0.3) is 5.91 Å². The molecule has 126 valence electrons. The first-order valence-corrected chi connectivity index (χ1v) is 8.69. The van der Waals surface area contributed by atoms with Crippen LogP contribution < -0.4 is 4.74 Å². The molecule has 1 aromatic carbocycles. The molecule has 5 heteroatoms. The first kappa shape index (κ1) is 15.2. The van der Waals surface area contributed by atoms with E-state index in [4.69, 9.17) is 4.74 Å². The van der Waals surface area contributed by atoms with E-state index < -0.39 is 0 Å². The number of aromatic amines is 1. The van der Waals surface area contributed by atoms with Crippen LogP contribution in [0.5, 0.6) is 5.75 Å². The van der Waals surface area contributed by atoms with Gasteiger partial charge in [-0.2, -0.15) is 5.10 Å². The zero-order chi connectivity index (χ0) is 16.7. The van der Waals surface area contributed by atoms with Crippen LogP contribution in [0.2, 0.25) is 0 Å². The summed E-state index contributed by atoms with van der Waals surface area (Å²) in [6, 6.07) is 8.09. The SMILES string of the molecule is COc1ccccc1[C@@H]1CCCN1C(=O)c1c(C2CC2)n[nH]c1C. The molecule has 4 rings (SSSR count). The summed E-state index contributed by atoms with van der Waals surface area (Å²) < 4.78 is 5.52.